The highest BCUT2D eigenvalue weighted by molar-refractivity contribution is 6.06. The predicted molar refractivity (Wildman–Crippen MR) is 119 cm³/mol. The molecular weight excluding hydrogens is 396 g/mol. The summed E-state index contributed by atoms with van der Waals surface area (Å²) < 4.78 is 11.8. The summed E-state index contributed by atoms with van der Waals surface area (Å²) >= 11 is 0. The number of ketones is 1. The van der Waals surface area contributed by atoms with Gasteiger partial charge in [-0.05, 0) is 49.9 Å². The predicted octanol–water partition coefficient (Wildman–Crippen LogP) is 3.81. The minimum Gasteiger partial charge on any atom is -0.497 e. The van der Waals surface area contributed by atoms with Gasteiger partial charge in [0.05, 0.1) is 20.8 Å². The Hall–Kier alpha value is -3.09. The molecule has 0 fully saturated rings. The Morgan fingerprint density at radius 1 is 1.13 bits per heavy atom. The molecule has 7 heteroatoms. The topological polar surface area (TPSA) is 77.8 Å². The Labute approximate surface area is 183 Å². The summed E-state index contributed by atoms with van der Waals surface area (Å²) in [6, 6.07) is 6.91. The molecule has 0 N–H and O–H groups in total. The zero-order valence-electron chi connectivity index (χ0n) is 19.4. The van der Waals surface area contributed by atoms with Gasteiger partial charge < -0.3 is 18.9 Å². The summed E-state index contributed by atoms with van der Waals surface area (Å²) in [6.45, 7) is 8.04. The number of carbonyl (C=O) groups is 3. The van der Waals surface area contributed by atoms with Crippen molar-refractivity contribution in [1.82, 2.24) is 9.47 Å². The van der Waals surface area contributed by atoms with Crippen molar-refractivity contribution in [1.29, 1.82) is 0 Å². The number of carbonyl (C=O) groups excluding carboxylic acids is 3. The number of Topliss-reactive ketones (excluding diaryl/α,β-unsaturated/α-hetero) is 1. The van der Waals surface area contributed by atoms with Gasteiger partial charge in [0.2, 0.25) is 0 Å². The molecule has 2 rings (SSSR count). The Bertz CT molecular complexity index is 975. The average molecular weight is 429 g/mol. The quantitative estimate of drug-likeness (QED) is 0.448. The zero-order valence-corrected chi connectivity index (χ0v) is 19.4. The van der Waals surface area contributed by atoms with Crippen molar-refractivity contribution in [2.45, 2.75) is 34.1 Å². The maximum absolute atomic E-state index is 13.3. The summed E-state index contributed by atoms with van der Waals surface area (Å²) in [5.41, 5.74) is 2.50. The van der Waals surface area contributed by atoms with Crippen molar-refractivity contribution >= 4 is 17.7 Å². The van der Waals surface area contributed by atoms with E-state index >= 15 is 0 Å². The fraction of sp³-hybridized carbons (Fsp3) is 0.458. The van der Waals surface area contributed by atoms with E-state index < -0.39 is 5.97 Å². The Morgan fingerprint density at radius 3 is 2.39 bits per heavy atom. The van der Waals surface area contributed by atoms with Crippen molar-refractivity contribution in [2.75, 3.05) is 27.3 Å². The lowest BCUT2D eigenvalue weighted by Gasteiger charge is -2.23. The van der Waals surface area contributed by atoms with Gasteiger partial charge in [0.25, 0.3) is 5.91 Å². The van der Waals surface area contributed by atoms with E-state index in [0.29, 0.717) is 46.3 Å². The molecule has 0 bridgehead atoms. The van der Waals surface area contributed by atoms with Crippen LogP contribution in [-0.4, -0.2) is 54.4 Å². The molecule has 1 aromatic heterocycles. The minimum atomic E-state index is -0.494. The number of esters is 1. The molecule has 7 nitrogen and oxygen atoms in total. The molecule has 31 heavy (non-hydrogen) atoms. The number of benzene rings is 1. The van der Waals surface area contributed by atoms with Crippen molar-refractivity contribution in [3.8, 4) is 5.75 Å². The lowest BCUT2D eigenvalue weighted by atomic mass is 10.0. The van der Waals surface area contributed by atoms with E-state index in [1.54, 1.807) is 61.7 Å². The fourth-order valence-corrected chi connectivity index (χ4v) is 3.63. The van der Waals surface area contributed by atoms with E-state index in [0.717, 1.165) is 6.42 Å². The van der Waals surface area contributed by atoms with Crippen LogP contribution in [0.2, 0.25) is 0 Å². The number of ether oxygens (including phenoxy) is 2. The van der Waals surface area contributed by atoms with Crippen molar-refractivity contribution in [3.05, 3.63) is 52.3 Å². The molecule has 0 aliphatic heterocycles. The summed E-state index contributed by atoms with van der Waals surface area (Å²) in [6.07, 6.45) is 0.767. The summed E-state index contributed by atoms with van der Waals surface area (Å²) in [5.74, 6) is 0.0274. The number of rotatable bonds is 9. The first-order chi connectivity index (χ1) is 14.6. The van der Waals surface area contributed by atoms with Gasteiger partial charge in [-0.2, -0.15) is 0 Å². The highest BCUT2D eigenvalue weighted by Crippen LogP contribution is 2.23. The summed E-state index contributed by atoms with van der Waals surface area (Å²) in [4.78, 5) is 40.3. The normalized spacial score (nSPS) is 10.8. The molecular formula is C24H32N2O5. The van der Waals surface area contributed by atoms with Crippen LogP contribution in [0.15, 0.2) is 24.3 Å². The largest absolute Gasteiger partial charge is 0.497 e. The third kappa shape index (κ3) is 5.34. The number of methoxy groups -OCH3 is 2. The van der Waals surface area contributed by atoms with Crippen molar-refractivity contribution in [2.24, 2.45) is 13.0 Å². The van der Waals surface area contributed by atoms with Gasteiger partial charge in [0.1, 0.15) is 11.4 Å². The molecule has 0 unspecified atom stereocenters. The van der Waals surface area contributed by atoms with Crippen LogP contribution < -0.4 is 4.74 Å². The first-order valence-corrected chi connectivity index (χ1v) is 10.3. The van der Waals surface area contributed by atoms with Gasteiger partial charge in [0, 0.05) is 30.4 Å². The van der Waals surface area contributed by atoms with Gasteiger partial charge >= 0.3 is 5.97 Å². The van der Waals surface area contributed by atoms with Crippen LogP contribution in [0.25, 0.3) is 0 Å². The van der Waals surface area contributed by atoms with Crippen LogP contribution in [0.1, 0.15) is 62.7 Å². The minimum absolute atomic E-state index is 0.0743. The van der Waals surface area contributed by atoms with E-state index in [4.69, 9.17) is 9.47 Å². The number of hydrogen-bond acceptors (Lipinski definition) is 5. The van der Waals surface area contributed by atoms with Crippen LogP contribution in [0.5, 0.6) is 5.75 Å². The second kappa shape index (κ2) is 10.3. The number of nitrogens with zero attached hydrogens (tertiary/aromatic N) is 2. The maximum Gasteiger partial charge on any atom is 0.354 e. The van der Waals surface area contributed by atoms with Gasteiger partial charge in [-0.15, -0.1) is 0 Å². The monoisotopic (exact) mass is 428 g/mol. The zero-order chi connectivity index (χ0) is 23.3. The average Bonchev–Trinajstić information content (AvgIpc) is 2.98. The van der Waals surface area contributed by atoms with Crippen LogP contribution in [0, 0.1) is 19.8 Å². The molecule has 0 atom stereocenters. The van der Waals surface area contributed by atoms with Crippen molar-refractivity contribution < 1.29 is 23.9 Å². The molecule has 0 spiro atoms. The SMILES string of the molecule is COC(=O)c1c(C)c(C(=O)CN(CCC(C)C)C(=O)c2cccc(OC)c2)c(C)n1C. The molecule has 0 saturated heterocycles. The molecule has 0 aliphatic rings. The number of amides is 1. The van der Waals surface area contributed by atoms with E-state index in [9.17, 15) is 14.4 Å². The second-order valence-electron chi connectivity index (χ2n) is 8.05. The van der Waals surface area contributed by atoms with Crippen LogP contribution in [0.4, 0.5) is 0 Å². The molecule has 0 saturated carbocycles. The molecule has 0 radical (unpaired) electrons. The molecule has 1 heterocycles. The van der Waals surface area contributed by atoms with Gasteiger partial charge in [-0.25, -0.2) is 4.79 Å². The summed E-state index contributed by atoms with van der Waals surface area (Å²) in [7, 11) is 4.58. The highest BCUT2D eigenvalue weighted by Gasteiger charge is 2.28. The van der Waals surface area contributed by atoms with E-state index in [2.05, 4.69) is 13.8 Å². The van der Waals surface area contributed by atoms with E-state index in [1.165, 1.54) is 7.11 Å². The molecule has 168 valence electrons. The fourth-order valence-electron chi connectivity index (χ4n) is 3.63. The van der Waals surface area contributed by atoms with Crippen LogP contribution in [-0.2, 0) is 11.8 Å². The summed E-state index contributed by atoms with van der Waals surface area (Å²) in [5, 5.41) is 0. The van der Waals surface area contributed by atoms with Gasteiger partial charge in [-0.3, -0.25) is 9.59 Å². The first kappa shape index (κ1) is 24.2. The van der Waals surface area contributed by atoms with E-state index in [1.807, 2.05) is 0 Å². The lowest BCUT2D eigenvalue weighted by Crippen LogP contribution is -2.37. The second-order valence-corrected chi connectivity index (χ2v) is 8.05. The first-order valence-electron chi connectivity index (χ1n) is 10.3. The third-order valence-electron chi connectivity index (χ3n) is 5.50. The molecule has 1 amide bonds. The standard InChI is InChI=1S/C24H32N2O5/c1-15(2)11-12-26(23(28)18-9-8-10-19(13-18)30-6)14-20(27)21-16(3)22(24(29)31-7)25(5)17(21)4/h8-10,13,15H,11-12,14H2,1-7H3. The molecule has 1 aromatic carbocycles. The van der Waals surface area contributed by atoms with Crippen LogP contribution in [0.3, 0.4) is 0 Å². The maximum atomic E-state index is 13.3. The van der Waals surface area contributed by atoms with Crippen LogP contribution >= 0.6 is 0 Å². The Balaban J connectivity index is 2.38. The Morgan fingerprint density at radius 2 is 1.81 bits per heavy atom. The molecule has 0 aliphatic carbocycles. The third-order valence-corrected chi connectivity index (χ3v) is 5.50. The Kier molecular flexibility index (Phi) is 8.02. The van der Waals surface area contributed by atoms with Crippen molar-refractivity contribution in [3.63, 3.8) is 0 Å². The van der Waals surface area contributed by atoms with E-state index in [-0.39, 0.29) is 18.2 Å². The smallest absolute Gasteiger partial charge is 0.354 e. The lowest BCUT2D eigenvalue weighted by molar-refractivity contribution is 0.0588. The number of hydrogen-bond donors (Lipinski definition) is 0. The highest BCUT2D eigenvalue weighted by atomic mass is 16.5. The molecule has 2 aromatic rings. The number of aromatic nitrogens is 1. The van der Waals surface area contributed by atoms with Gasteiger partial charge in [-0.1, -0.05) is 19.9 Å². The van der Waals surface area contributed by atoms with Gasteiger partial charge in [0.15, 0.2) is 5.78 Å².